The molecule has 3 aromatic rings. The minimum Gasteiger partial charge on any atom is -0.337 e. The Labute approximate surface area is 185 Å². The van der Waals surface area contributed by atoms with E-state index in [1.807, 2.05) is 31.2 Å². The quantitative estimate of drug-likeness (QED) is 0.633. The molecule has 0 saturated carbocycles. The molecule has 1 aliphatic rings. The Morgan fingerprint density at radius 2 is 2.00 bits per heavy atom. The fourth-order valence-electron chi connectivity index (χ4n) is 3.55. The average Bonchev–Trinajstić information content (AvgIpc) is 3.44. The summed E-state index contributed by atoms with van der Waals surface area (Å²) in [5, 5.41) is 18.5. The van der Waals surface area contributed by atoms with Crippen LogP contribution in [0.4, 0.5) is 5.00 Å². The minimum atomic E-state index is -0.0971. The van der Waals surface area contributed by atoms with Crippen LogP contribution >= 0.6 is 11.3 Å². The molecular formula is C22H24N6O2S. The number of thiophene rings is 1. The maximum atomic E-state index is 12.3. The molecule has 1 saturated heterocycles. The Morgan fingerprint density at radius 1 is 1.26 bits per heavy atom. The van der Waals surface area contributed by atoms with Gasteiger partial charge in [-0.05, 0) is 25.3 Å². The molecule has 1 unspecified atom stereocenters. The number of carbonyl (C=O) groups is 1. The van der Waals surface area contributed by atoms with Gasteiger partial charge in [0.15, 0.2) is 0 Å². The van der Waals surface area contributed by atoms with Gasteiger partial charge in [0.05, 0.1) is 18.2 Å². The molecule has 1 amide bonds. The van der Waals surface area contributed by atoms with Crippen LogP contribution in [0.5, 0.6) is 0 Å². The van der Waals surface area contributed by atoms with E-state index in [9.17, 15) is 4.79 Å². The lowest BCUT2D eigenvalue weighted by atomic mass is 10.1. The fourth-order valence-corrected chi connectivity index (χ4v) is 4.31. The number of piperazine rings is 1. The number of nitriles is 1. The molecule has 1 atom stereocenters. The highest BCUT2D eigenvalue weighted by Gasteiger charge is 2.27. The monoisotopic (exact) mass is 436 g/mol. The molecular weight excluding hydrogens is 412 g/mol. The van der Waals surface area contributed by atoms with Crippen molar-refractivity contribution in [1.29, 1.82) is 5.26 Å². The van der Waals surface area contributed by atoms with Crippen molar-refractivity contribution in [2.75, 3.05) is 38.0 Å². The van der Waals surface area contributed by atoms with Crippen LogP contribution in [0.25, 0.3) is 11.4 Å². The summed E-state index contributed by atoms with van der Waals surface area (Å²) < 4.78 is 5.53. The van der Waals surface area contributed by atoms with E-state index < -0.39 is 0 Å². The lowest BCUT2D eigenvalue weighted by Gasteiger charge is -2.36. The molecule has 1 aliphatic heterocycles. The summed E-state index contributed by atoms with van der Waals surface area (Å²) in [4.78, 5) is 21.3. The summed E-state index contributed by atoms with van der Waals surface area (Å²) in [6.07, 6.45) is 0. The van der Waals surface area contributed by atoms with Gasteiger partial charge >= 0.3 is 0 Å². The predicted molar refractivity (Wildman–Crippen MR) is 119 cm³/mol. The van der Waals surface area contributed by atoms with Crippen LogP contribution in [-0.2, 0) is 4.79 Å². The van der Waals surface area contributed by atoms with Crippen LogP contribution in [-0.4, -0.2) is 58.6 Å². The molecule has 2 aromatic heterocycles. The first-order valence-electron chi connectivity index (χ1n) is 10.2. The number of aromatic nitrogens is 2. The van der Waals surface area contributed by atoms with Crippen LogP contribution in [0.2, 0.25) is 0 Å². The summed E-state index contributed by atoms with van der Waals surface area (Å²) in [6.45, 7) is 7.57. The summed E-state index contributed by atoms with van der Waals surface area (Å²) in [5.74, 6) is 1.10. The SMILES string of the molecule is Cc1ccc(-c2noc(C(C)N3CCN(CC(=O)Nc4sccc4C#N)CC3)n2)cc1. The Hall–Kier alpha value is -3.06. The van der Waals surface area contributed by atoms with Gasteiger partial charge in [-0.25, -0.2) is 0 Å². The molecule has 1 aromatic carbocycles. The second-order valence-corrected chi connectivity index (χ2v) is 8.55. The van der Waals surface area contributed by atoms with Crippen molar-refractivity contribution in [3.8, 4) is 17.5 Å². The van der Waals surface area contributed by atoms with Gasteiger partial charge in [-0.2, -0.15) is 10.2 Å². The third kappa shape index (κ3) is 4.99. The van der Waals surface area contributed by atoms with Crippen molar-refractivity contribution in [3.05, 3.63) is 52.7 Å². The van der Waals surface area contributed by atoms with Gasteiger partial charge in [-0.15, -0.1) is 11.3 Å². The number of nitrogens with zero attached hydrogens (tertiary/aromatic N) is 5. The van der Waals surface area contributed by atoms with E-state index in [0.717, 1.165) is 31.7 Å². The number of aryl methyl sites for hydroxylation is 1. The summed E-state index contributed by atoms with van der Waals surface area (Å²) in [7, 11) is 0. The Kier molecular flexibility index (Phi) is 6.42. The molecule has 4 rings (SSSR count). The van der Waals surface area contributed by atoms with E-state index in [4.69, 9.17) is 9.78 Å². The summed E-state index contributed by atoms with van der Waals surface area (Å²) >= 11 is 1.36. The number of benzene rings is 1. The zero-order valence-corrected chi connectivity index (χ0v) is 18.4. The maximum Gasteiger partial charge on any atom is 0.244 e. The number of hydrogen-bond donors (Lipinski definition) is 1. The van der Waals surface area contributed by atoms with E-state index in [-0.39, 0.29) is 11.9 Å². The summed E-state index contributed by atoms with van der Waals surface area (Å²) in [5.41, 5.74) is 2.63. The van der Waals surface area contributed by atoms with Crippen LogP contribution < -0.4 is 5.32 Å². The third-order valence-electron chi connectivity index (χ3n) is 5.47. The molecule has 31 heavy (non-hydrogen) atoms. The number of hydrogen-bond acceptors (Lipinski definition) is 8. The molecule has 0 aliphatic carbocycles. The lowest BCUT2D eigenvalue weighted by Crippen LogP contribution is -2.49. The smallest absolute Gasteiger partial charge is 0.244 e. The highest BCUT2D eigenvalue weighted by Crippen LogP contribution is 2.24. The average molecular weight is 437 g/mol. The van der Waals surface area contributed by atoms with Crippen molar-refractivity contribution in [1.82, 2.24) is 19.9 Å². The highest BCUT2D eigenvalue weighted by molar-refractivity contribution is 7.14. The number of amides is 1. The topological polar surface area (TPSA) is 98.3 Å². The van der Waals surface area contributed by atoms with Crippen LogP contribution in [0.1, 0.15) is 30.0 Å². The van der Waals surface area contributed by atoms with Gasteiger partial charge < -0.3 is 9.84 Å². The normalized spacial score (nSPS) is 16.0. The van der Waals surface area contributed by atoms with Crippen molar-refractivity contribution >= 4 is 22.2 Å². The minimum absolute atomic E-state index is 0.00646. The molecule has 0 radical (unpaired) electrons. The first-order valence-corrected chi connectivity index (χ1v) is 11.1. The standard InChI is InChI=1S/C22H24N6O2S/c1-15-3-5-17(6-4-15)20-25-21(30-26-20)16(2)28-10-8-27(9-11-28)14-19(29)24-22-18(13-23)7-12-31-22/h3-7,12,16H,8-11,14H2,1-2H3,(H,24,29). The van der Waals surface area contributed by atoms with E-state index in [1.165, 1.54) is 16.9 Å². The number of carbonyl (C=O) groups excluding carboxylic acids is 1. The van der Waals surface area contributed by atoms with Gasteiger partial charge in [-0.1, -0.05) is 35.0 Å². The Balaban J connectivity index is 1.29. The van der Waals surface area contributed by atoms with Crippen LogP contribution in [0.3, 0.4) is 0 Å². The fraction of sp³-hybridized carbons (Fsp3) is 0.364. The number of rotatable bonds is 6. The molecule has 0 spiro atoms. The molecule has 160 valence electrons. The molecule has 1 fully saturated rings. The van der Waals surface area contributed by atoms with Gasteiger partial charge in [0.25, 0.3) is 0 Å². The van der Waals surface area contributed by atoms with E-state index >= 15 is 0 Å². The second kappa shape index (κ2) is 9.39. The molecule has 0 bridgehead atoms. The van der Waals surface area contributed by atoms with E-state index in [2.05, 4.69) is 38.3 Å². The predicted octanol–water partition coefficient (Wildman–Crippen LogP) is 3.30. The van der Waals surface area contributed by atoms with Crippen molar-refractivity contribution in [3.63, 3.8) is 0 Å². The Morgan fingerprint density at radius 3 is 2.71 bits per heavy atom. The van der Waals surface area contributed by atoms with E-state index in [1.54, 1.807) is 11.4 Å². The van der Waals surface area contributed by atoms with Crippen molar-refractivity contribution in [2.45, 2.75) is 19.9 Å². The largest absolute Gasteiger partial charge is 0.337 e. The third-order valence-corrected chi connectivity index (χ3v) is 6.30. The van der Waals surface area contributed by atoms with Crippen molar-refractivity contribution < 1.29 is 9.32 Å². The zero-order chi connectivity index (χ0) is 21.8. The molecule has 3 heterocycles. The first kappa shape index (κ1) is 21.2. The lowest BCUT2D eigenvalue weighted by molar-refractivity contribution is -0.117. The highest BCUT2D eigenvalue weighted by atomic mass is 32.1. The van der Waals surface area contributed by atoms with Crippen LogP contribution in [0.15, 0.2) is 40.2 Å². The Bertz CT molecular complexity index is 1080. The summed E-state index contributed by atoms with van der Waals surface area (Å²) in [6, 6.07) is 11.9. The number of anilines is 1. The van der Waals surface area contributed by atoms with Gasteiger partial charge in [0.1, 0.15) is 11.1 Å². The second-order valence-electron chi connectivity index (χ2n) is 7.63. The first-order chi connectivity index (χ1) is 15.0. The molecule has 1 N–H and O–H groups in total. The molecule has 8 nitrogen and oxygen atoms in total. The van der Waals surface area contributed by atoms with Crippen molar-refractivity contribution in [2.24, 2.45) is 0 Å². The molecule has 9 heteroatoms. The van der Waals surface area contributed by atoms with E-state index in [0.29, 0.717) is 28.8 Å². The van der Waals surface area contributed by atoms with Gasteiger partial charge in [-0.3, -0.25) is 14.6 Å². The van der Waals surface area contributed by atoms with Gasteiger partial charge in [0.2, 0.25) is 17.6 Å². The zero-order valence-electron chi connectivity index (χ0n) is 17.5. The maximum absolute atomic E-state index is 12.3. The van der Waals surface area contributed by atoms with Crippen LogP contribution in [0, 0.1) is 18.3 Å². The van der Waals surface area contributed by atoms with Gasteiger partial charge in [0, 0.05) is 31.7 Å². The number of nitrogens with one attached hydrogen (secondary N) is 1.